The molecule has 0 saturated carbocycles. The molecule has 0 saturated heterocycles. The predicted octanol–water partition coefficient (Wildman–Crippen LogP) is 2.12. The number of guanidine groups is 1. The van der Waals surface area contributed by atoms with Gasteiger partial charge in [0.25, 0.3) is 5.69 Å². The van der Waals surface area contributed by atoms with Crippen LogP contribution in [0.3, 0.4) is 0 Å². The van der Waals surface area contributed by atoms with Crippen molar-refractivity contribution >= 4 is 11.6 Å². The highest BCUT2D eigenvalue weighted by Crippen LogP contribution is 2.13. The van der Waals surface area contributed by atoms with Gasteiger partial charge in [-0.2, -0.15) is 0 Å². The number of ether oxygens (including phenoxy) is 1. The Morgan fingerprint density at radius 2 is 2.04 bits per heavy atom. The monoisotopic (exact) mass is 322 g/mol. The van der Waals surface area contributed by atoms with Crippen molar-refractivity contribution in [2.24, 2.45) is 4.99 Å². The highest BCUT2D eigenvalue weighted by atomic mass is 16.6. The van der Waals surface area contributed by atoms with Crippen LogP contribution in [0, 0.1) is 10.1 Å². The fourth-order valence-corrected chi connectivity index (χ4v) is 2.16. The average molecular weight is 322 g/mol. The second kappa shape index (κ2) is 10.6. The molecule has 0 aliphatic rings. The number of nitrogens with zero attached hydrogens (tertiary/aromatic N) is 2. The summed E-state index contributed by atoms with van der Waals surface area (Å²) >= 11 is 0. The Kier molecular flexibility index (Phi) is 8.67. The number of hydrogen-bond acceptors (Lipinski definition) is 4. The molecule has 0 spiro atoms. The van der Waals surface area contributed by atoms with Crippen molar-refractivity contribution in [3.05, 3.63) is 39.9 Å². The van der Waals surface area contributed by atoms with E-state index in [1.807, 2.05) is 19.1 Å². The maximum atomic E-state index is 10.6. The Morgan fingerprint density at radius 3 is 2.61 bits per heavy atom. The Labute approximate surface area is 137 Å². The summed E-state index contributed by atoms with van der Waals surface area (Å²) in [7, 11) is 3.41. The molecule has 1 rings (SSSR count). The molecule has 7 heteroatoms. The summed E-state index contributed by atoms with van der Waals surface area (Å²) < 4.78 is 5.08. The van der Waals surface area contributed by atoms with Gasteiger partial charge in [-0.15, -0.1) is 0 Å². The van der Waals surface area contributed by atoms with E-state index in [2.05, 4.69) is 15.6 Å². The Bertz CT molecular complexity index is 503. The maximum Gasteiger partial charge on any atom is 0.269 e. The lowest BCUT2D eigenvalue weighted by Crippen LogP contribution is -2.44. The van der Waals surface area contributed by atoms with Gasteiger partial charge in [0.05, 0.1) is 11.5 Å². The van der Waals surface area contributed by atoms with E-state index in [4.69, 9.17) is 4.74 Å². The first-order chi connectivity index (χ1) is 11.1. The number of aryl methyl sites for hydroxylation is 1. The number of rotatable bonds is 9. The summed E-state index contributed by atoms with van der Waals surface area (Å²) in [5.74, 6) is 0.768. The standard InChI is InChI=1S/C16H26N4O3/c1-13(12-23-3)19-16(17-2)18-11-5-4-6-14-7-9-15(10-8-14)20(21)22/h7-10,13H,4-6,11-12H2,1-3H3,(H2,17,18,19). The fraction of sp³-hybridized carbons (Fsp3) is 0.562. The first-order valence-electron chi connectivity index (χ1n) is 7.76. The van der Waals surface area contributed by atoms with Crippen LogP contribution in [0.2, 0.25) is 0 Å². The van der Waals surface area contributed by atoms with Gasteiger partial charge in [-0.05, 0) is 31.7 Å². The molecule has 1 atom stereocenters. The third-order valence-corrected chi connectivity index (χ3v) is 3.36. The van der Waals surface area contributed by atoms with E-state index in [0.29, 0.717) is 6.61 Å². The Morgan fingerprint density at radius 1 is 1.35 bits per heavy atom. The van der Waals surface area contributed by atoms with Crippen LogP contribution >= 0.6 is 0 Å². The van der Waals surface area contributed by atoms with Crippen molar-refractivity contribution in [2.45, 2.75) is 32.2 Å². The summed E-state index contributed by atoms with van der Waals surface area (Å²) in [6, 6.07) is 6.94. The van der Waals surface area contributed by atoms with Crippen LogP contribution in [0.25, 0.3) is 0 Å². The molecule has 23 heavy (non-hydrogen) atoms. The topological polar surface area (TPSA) is 88.8 Å². The minimum Gasteiger partial charge on any atom is -0.383 e. The van der Waals surface area contributed by atoms with Gasteiger partial charge >= 0.3 is 0 Å². The van der Waals surface area contributed by atoms with Crippen LogP contribution in [-0.2, 0) is 11.2 Å². The van der Waals surface area contributed by atoms with Crippen LogP contribution < -0.4 is 10.6 Å². The molecule has 0 aliphatic carbocycles. The van der Waals surface area contributed by atoms with Gasteiger partial charge in [0.15, 0.2) is 5.96 Å². The zero-order valence-corrected chi connectivity index (χ0v) is 14.0. The first-order valence-corrected chi connectivity index (χ1v) is 7.76. The quantitative estimate of drug-likeness (QED) is 0.239. The number of unbranched alkanes of at least 4 members (excludes halogenated alkanes) is 1. The SMILES string of the molecule is CN=C(NCCCCc1ccc([N+](=O)[O-])cc1)NC(C)COC. The van der Waals surface area contributed by atoms with Crippen molar-refractivity contribution in [3.8, 4) is 0 Å². The number of nitro benzene ring substituents is 1. The van der Waals surface area contributed by atoms with Gasteiger partial charge in [0, 0.05) is 38.9 Å². The Hall–Kier alpha value is -2.15. The van der Waals surface area contributed by atoms with Crippen LogP contribution in [0.15, 0.2) is 29.3 Å². The van der Waals surface area contributed by atoms with Gasteiger partial charge in [0.2, 0.25) is 0 Å². The van der Waals surface area contributed by atoms with Crippen molar-refractivity contribution in [1.82, 2.24) is 10.6 Å². The second-order valence-corrected chi connectivity index (χ2v) is 5.38. The molecule has 0 heterocycles. The summed E-state index contributed by atoms with van der Waals surface area (Å²) in [6.45, 7) is 3.48. The lowest BCUT2D eigenvalue weighted by Gasteiger charge is -2.17. The molecule has 1 aromatic rings. The summed E-state index contributed by atoms with van der Waals surface area (Å²) in [4.78, 5) is 14.4. The molecule has 1 unspecified atom stereocenters. The van der Waals surface area contributed by atoms with Crippen LogP contribution in [0.4, 0.5) is 5.69 Å². The number of nitro groups is 1. The molecule has 0 aliphatic heterocycles. The zero-order valence-electron chi connectivity index (χ0n) is 14.0. The zero-order chi connectivity index (χ0) is 17.1. The molecule has 0 radical (unpaired) electrons. The van der Waals surface area contributed by atoms with Crippen molar-refractivity contribution < 1.29 is 9.66 Å². The summed E-state index contributed by atoms with van der Waals surface area (Å²) in [6.07, 6.45) is 2.91. The number of hydrogen-bond donors (Lipinski definition) is 2. The van der Waals surface area contributed by atoms with Crippen molar-refractivity contribution in [2.75, 3.05) is 27.3 Å². The van der Waals surface area contributed by atoms with Gasteiger partial charge in [-0.1, -0.05) is 12.1 Å². The van der Waals surface area contributed by atoms with E-state index < -0.39 is 0 Å². The number of non-ortho nitro benzene ring substituents is 1. The largest absolute Gasteiger partial charge is 0.383 e. The highest BCUT2D eigenvalue weighted by molar-refractivity contribution is 5.79. The second-order valence-electron chi connectivity index (χ2n) is 5.38. The molecular weight excluding hydrogens is 296 g/mol. The first kappa shape index (κ1) is 18.9. The fourth-order valence-electron chi connectivity index (χ4n) is 2.16. The average Bonchev–Trinajstić information content (AvgIpc) is 2.54. The van der Waals surface area contributed by atoms with Crippen LogP contribution in [-0.4, -0.2) is 44.2 Å². The third-order valence-electron chi connectivity index (χ3n) is 3.36. The van der Waals surface area contributed by atoms with Crippen molar-refractivity contribution in [1.29, 1.82) is 0 Å². The molecule has 128 valence electrons. The van der Waals surface area contributed by atoms with E-state index in [1.54, 1.807) is 26.3 Å². The number of aliphatic imine (C=N–C) groups is 1. The molecule has 2 N–H and O–H groups in total. The van der Waals surface area contributed by atoms with E-state index in [-0.39, 0.29) is 16.7 Å². The number of benzene rings is 1. The number of nitrogens with one attached hydrogen (secondary N) is 2. The van der Waals surface area contributed by atoms with E-state index in [0.717, 1.165) is 37.3 Å². The number of methoxy groups -OCH3 is 1. The minimum absolute atomic E-state index is 0.135. The van der Waals surface area contributed by atoms with E-state index in [1.165, 1.54) is 0 Å². The molecule has 0 aromatic heterocycles. The molecule has 0 amide bonds. The van der Waals surface area contributed by atoms with Gasteiger partial charge in [-0.3, -0.25) is 15.1 Å². The molecular formula is C16H26N4O3. The Balaban J connectivity index is 2.22. The van der Waals surface area contributed by atoms with Gasteiger partial charge < -0.3 is 15.4 Å². The van der Waals surface area contributed by atoms with Gasteiger partial charge in [-0.25, -0.2) is 0 Å². The van der Waals surface area contributed by atoms with Crippen LogP contribution in [0.5, 0.6) is 0 Å². The smallest absolute Gasteiger partial charge is 0.269 e. The van der Waals surface area contributed by atoms with Gasteiger partial charge in [0.1, 0.15) is 0 Å². The summed E-state index contributed by atoms with van der Waals surface area (Å²) in [5.41, 5.74) is 1.25. The molecule has 0 fully saturated rings. The third kappa shape index (κ3) is 7.60. The van der Waals surface area contributed by atoms with E-state index in [9.17, 15) is 10.1 Å². The normalized spacial score (nSPS) is 12.7. The van der Waals surface area contributed by atoms with Crippen molar-refractivity contribution in [3.63, 3.8) is 0 Å². The van der Waals surface area contributed by atoms with Crippen LogP contribution in [0.1, 0.15) is 25.3 Å². The predicted molar refractivity (Wildman–Crippen MR) is 91.9 cm³/mol. The molecule has 0 bridgehead atoms. The minimum atomic E-state index is -0.378. The maximum absolute atomic E-state index is 10.6. The lowest BCUT2D eigenvalue weighted by atomic mass is 10.1. The molecule has 7 nitrogen and oxygen atoms in total. The summed E-state index contributed by atoms with van der Waals surface area (Å²) in [5, 5.41) is 17.1. The highest BCUT2D eigenvalue weighted by Gasteiger charge is 2.05. The molecule has 1 aromatic carbocycles. The lowest BCUT2D eigenvalue weighted by molar-refractivity contribution is -0.384. The van der Waals surface area contributed by atoms with E-state index >= 15 is 0 Å².